The molecule has 0 fully saturated rings. The van der Waals surface area contributed by atoms with E-state index < -0.39 is 0 Å². The van der Waals surface area contributed by atoms with E-state index in [1.54, 1.807) is 7.11 Å². The number of hydrogen-bond donors (Lipinski definition) is 1. The van der Waals surface area contributed by atoms with Crippen molar-refractivity contribution < 1.29 is 9.53 Å². The summed E-state index contributed by atoms with van der Waals surface area (Å²) in [5, 5.41) is 4.38. The smallest absolute Gasteiger partial charge is 0.229 e. The Morgan fingerprint density at radius 2 is 1.70 bits per heavy atom. The van der Waals surface area contributed by atoms with Crippen LogP contribution in [0.3, 0.4) is 0 Å². The largest absolute Gasteiger partial charge is 0.497 e. The molecule has 4 nitrogen and oxygen atoms in total. The molecule has 4 rings (SSSR count). The third-order valence-corrected chi connectivity index (χ3v) is 5.96. The summed E-state index contributed by atoms with van der Waals surface area (Å²) in [4.78, 5) is 18.5. The van der Waals surface area contributed by atoms with E-state index in [9.17, 15) is 4.79 Å². The number of halogens is 1. The first-order chi connectivity index (χ1) is 14.6. The fraction of sp³-hybridized carbons (Fsp3) is 0.0833. The molecule has 0 saturated carbocycles. The second-order valence-electron chi connectivity index (χ2n) is 6.59. The Kier molecular flexibility index (Phi) is 6.12. The molecule has 0 atom stereocenters. The molecule has 0 saturated heterocycles. The second kappa shape index (κ2) is 9.11. The summed E-state index contributed by atoms with van der Waals surface area (Å²) < 4.78 is 5.16. The molecule has 0 radical (unpaired) electrons. The van der Waals surface area contributed by atoms with Gasteiger partial charge in [-0.05, 0) is 30.3 Å². The summed E-state index contributed by atoms with van der Waals surface area (Å²) in [6.07, 6.45) is 0.221. The SMILES string of the molecule is COc1ccc(NC(=O)Cc2sc(-c3ccccc3Cl)nc2-c2ccccc2)cc1. The van der Waals surface area contributed by atoms with Gasteiger partial charge in [0, 0.05) is 21.7 Å². The number of amides is 1. The summed E-state index contributed by atoms with van der Waals surface area (Å²) in [5.74, 6) is 0.637. The molecule has 1 heterocycles. The van der Waals surface area contributed by atoms with Crippen LogP contribution in [0.15, 0.2) is 78.9 Å². The van der Waals surface area contributed by atoms with Crippen LogP contribution in [0.5, 0.6) is 5.75 Å². The van der Waals surface area contributed by atoms with Gasteiger partial charge in [-0.25, -0.2) is 4.98 Å². The van der Waals surface area contributed by atoms with Crippen LogP contribution in [-0.2, 0) is 11.2 Å². The summed E-state index contributed by atoms with van der Waals surface area (Å²) in [7, 11) is 1.61. The lowest BCUT2D eigenvalue weighted by Gasteiger charge is -2.06. The number of nitrogens with zero attached hydrogens (tertiary/aromatic N) is 1. The van der Waals surface area contributed by atoms with E-state index in [4.69, 9.17) is 21.3 Å². The van der Waals surface area contributed by atoms with Crippen molar-refractivity contribution in [3.05, 3.63) is 88.8 Å². The molecule has 1 aromatic heterocycles. The van der Waals surface area contributed by atoms with E-state index in [1.807, 2.05) is 78.9 Å². The molecule has 6 heteroatoms. The third-order valence-electron chi connectivity index (χ3n) is 4.54. The Hall–Kier alpha value is -3.15. The first-order valence-corrected chi connectivity index (χ1v) is 10.6. The fourth-order valence-electron chi connectivity index (χ4n) is 3.07. The van der Waals surface area contributed by atoms with Crippen molar-refractivity contribution in [2.24, 2.45) is 0 Å². The zero-order valence-electron chi connectivity index (χ0n) is 16.3. The average molecular weight is 435 g/mol. The van der Waals surface area contributed by atoms with Crippen LogP contribution in [0.1, 0.15) is 4.88 Å². The summed E-state index contributed by atoms with van der Waals surface area (Å²) in [5.41, 5.74) is 3.36. The predicted molar refractivity (Wildman–Crippen MR) is 123 cm³/mol. The van der Waals surface area contributed by atoms with E-state index in [1.165, 1.54) is 11.3 Å². The molecule has 1 amide bonds. The van der Waals surface area contributed by atoms with Crippen molar-refractivity contribution in [2.45, 2.75) is 6.42 Å². The molecule has 0 aliphatic heterocycles. The normalized spacial score (nSPS) is 10.6. The quantitative estimate of drug-likeness (QED) is 0.386. The number of methoxy groups -OCH3 is 1. The van der Waals surface area contributed by atoms with Gasteiger partial charge in [0.05, 0.1) is 24.2 Å². The molecule has 150 valence electrons. The lowest BCUT2D eigenvalue weighted by Crippen LogP contribution is -2.14. The molecular weight excluding hydrogens is 416 g/mol. The van der Waals surface area contributed by atoms with Crippen LogP contribution in [-0.4, -0.2) is 18.0 Å². The number of anilines is 1. The van der Waals surface area contributed by atoms with Crippen molar-refractivity contribution in [1.82, 2.24) is 4.98 Å². The van der Waals surface area contributed by atoms with Crippen LogP contribution in [0.25, 0.3) is 21.8 Å². The average Bonchev–Trinajstić information content (AvgIpc) is 3.18. The first kappa shape index (κ1) is 20.1. The van der Waals surface area contributed by atoms with Crippen LogP contribution in [0.2, 0.25) is 5.02 Å². The van der Waals surface area contributed by atoms with Gasteiger partial charge in [0.2, 0.25) is 5.91 Å². The minimum absolute atomic E-state index is 0.105. The van der Waals surface area contributed by atoms with Gasteiger partial charge in [-0.1, -0.05) is 60.1 Å². The number of thiazole rings is 1. The highest BCUT2D eigenvalue weighted by Crippen LogP contribution is 2.37. The maximum Gasteiger partial charge on any atom is 0.229 e. The van der Waals surface area contributed by atoms with Gasteiger partial charge in [0.15, 0.2) is 0 Å². The number of aromatic nitrogens is 1. The zero-order valence-corrected chi connectivity index (χ0v) is 17.8. The molecule has 30 heavy (non-hydrogen) atoms. The third kappa shape index (κ3) is 4.53. The topological polar surface area (TPSA) is 51.2 Å². The summed E-state index contributed by atoms with van der Waals surface area (Å²) in [6, 6.07) is 24.7. The molecule has 3 aromatic carbocycles. The zero-order chi connectivity index (χ0) is 20.9. The number of carbonyl (C=O) groups excluding carboxylic acids is 1. The van der Waals surface area contributed by atoms with Crippen molar-refractivity contribution in [3.8, 4) is 27.6 Å². The van der Waals surface area contributed by atoms with Crippen molar-refractivity contribution >= 4 is 34.5 Å². The lowest BCUT2D eigenvalue weighted by atomic mass is 10.1. The van der Waals surface area contributed by atoms with Crippen molar-refractivity contribution in [1.29, 1.82) is 0 Å². The number of nitrogens with one attached hydrogen (secondary N) is 1. The maximum absolute atomic E-state index is 12.7. The van der Waals surface area contributed by atoms with Gasteiger partial charge >= 0.3 is 0 Å². The maximum atomic E-state index is 12.7. The number of carbonyl (C=O) groups is 1. The summed E-state index contributed by atoms with van der Waals surface area (Å²) in [6.45, 7) is 0. The number of benzene rings is 3. The molecular formula is C24H19ClN2O2S. The molecule has 0 spiro atoms. The van der Waals surface area contributed by atoms with E-state index in [0.717, 1.165) is 38.1 Å². The van der Waals surface area contributed by atoms with Crippen molar-refractivity contribution in [2.75, 3.05) is 12.4 Å². The monoisotopic (exact) mass is 434 g/mol. The lowest BCUT2D eigenvalue weighted by molar-refractivity contribution is -0.115. The number of ether oxygens (including phenoxy) is 1. The highest BCUT2D eigenvalue weighted by atomic mass is 35.5. The molecule has 0 bridgehead atoms. The molecule has 4 aromatic rings. The van der Waals surface area contributed by atoms with Gasteiger partial charge in [-0.15, -0.1) is 11.3 Å². The highest BCUT2D eigenvalue weighted by molar-refractivity contribution is 7.15. The Labute approximate surface area is 184 Å². The fourth-order valence-corrected chi connectivity index (χ4v) is 4.47. The van der Waals surface area contributed by atoms with Crippen LogP contribution in [0.4, 0.5) is 5.69 Å². The molecule has 0 unspecified atom stereocenters. The minimum Gasteiger partial charge on any atom is -0.497 e. The predicted octanol–water partition coefficient (Wildman–Crippen LogP) is 6.32. The standard InChI is InChI=1S/C24H19ClN2O2S/c1-29-18-13-11-17(12-14-18)26-22(28)15-21-23(16-7-3-2-4-8-16)27-24(30-21)19-9-5-6-10-20(19)25/h2-14H,15H2,1H3,(H,26,28). The van der Waals surface area contributed by atoms with E-state index in [2.05, 4.69) is 5.32 Å². The highest BCUT2D eigenvalue weighted by Gasteiger charge is 2.18. The Bertz CT molecular complexity index is 1160. The van der Waals surface area contributed by atoms with E-state index in [0.29, 0.717) is 5.02 Å². The van der Waals surface area contributed by atoms with Crippen LogP contribution >= 0.6 is 22.9 Å². The van der Waals surface area contributed by atoms with Gasteiger partial charge < -0.3 is 10.1 Å². The van der Waals surface area contributed by atoms with E-state index in [-0.39, 0.29) is 12.3 Å². The van der Waals surface area contributed by atoms with Crippen LogP contribution in [0, 0.1) is 0 Å². The Morgan fingerprint density at radius 1 is 1.00 bits per heavy atom. The molecule has 0 aliphatic carbocycles. The minimum atomic E-state index is -0.105. The van der Waals surface area contributed by atoms with Crippen LogP contribution < -0.4 is 10.1 Å². The second-order valence-corrected chi connectivity index (χ2v) is 8.08. The number of rotatable bonds is 6. The Morgan fingerprint density at radius 3 is 2.40 bits per heavy atom. The van der Waals surface area contributed by atoms with Gasteiger partial charge in [0.1, 0.15) is 10.8 Å². The molecule has 0 aliphatic rings. The van der Waals surface area contributed by atoms with E-state index >= 15 is 0 Å². The van der Waals surface area contributed by atoms with Gasteiger partial charge in [-0.3, -0.25) is 4.79 Å². The van der Waals surface area contributed by atoms with Gasteiger partial charge in [0.25, 0.3) is 0 Å². The first-order valence-electron chi connectivity index (χ1n) is 9.38. The van der Waals surface area contributed by atoms with Crippen molar-refractivity contribution in [3.63, 3.8) is 0 Å². The number of hydrogen-bond acceptors (Lipinski definition) is 4. The Balaban J connectivity index is 1.63. The van der Waals surface area contributed by atoms with Gasteiger partial charge in [-0.2, -0.15) is 0 Å². The molecule has 1 N–H and O–H groups in total. The summed E-state index contributed by atoms with van der Waals surface area (Å²) >= 11 is 7.87.